The monoisotopic (exact) mass is 538 g/mol. The highest BCUT2D eigenvalue weighted by molar-refractivity contribution is 6.30. The summed E-state index contributed by atoms with van der Waals surface area (Å²) < 4.78 is 13.9. The van der Waals surface area contributed by atoms with Crippen LogP contribution in [-0.4, -0.2) is 54.4 Å². The van der Waals surface area contributed by atoms with Crippen LogP contribution in [0.1, 0.15) is 35.2 Å². The van der Waals surface area contributed by atoms with Crippen molar-refractivity contribution in [2.24, 2.45) is 16.5 Å². The number of aliphatic imine (C=N–C) groups is 1. The number of nitrogens with one attached hydrogen (secondary N) is 2. The van der Waals surface area contributed by atoms with Gasteiger partial charge in [-0.1, -0.05) is 41.9 Å². The molecule has 0 bridgehead atoms. The van der Waals surface area contributed by atoms with Gasteiger partial charge in [-0.25, -0.2) is 4.39 Å². The number of guanidine groups is 1. The van der Waals surface area contributed by atoms with Gasteiger partial charge in [-0.2, -0.15) is 0 Å². The first-order valence-corrected chi connectivity index (χ1v) is 13.0. The number of hydrogen-bond donors (Lipinski definition) is 4. The van der Waals surface area contributed by atoms with Crippen LogP contribution in [0, 0.1) is 5.82 Å². The Morgan fingerprint density at radius 3 is 2.68 bits per heavy atom. The molecule has 0 unspecified atom stereocenters. The molecule has 1 saturated heterocycles. The van der Waals surface area contributed by atoms with Crippen molar-refractivity contribution in [1.82, 2.24) is 15.5 Å². The molecule has 1 fully saturated rings. The molecule has 1 aliphatic rings. The quantitative estimate of drug-likeness (QED) is 0.189. The normalized spacial score (nSPS) is 17.7. The van der Waals surface area contributed by atoms with Gasteiger partial charge >= 0.3 is 0 Å². The van der Waals surface area contributed by atoms with E-state index in [0.29, 0.717) is 50.0 Å². The minimum atomic E-state index is -0.502. The van der Waals surface area contributed by atoms with Crippen molar-refractivity contribution in [1.29, 1.82) is 0 Å². The molecule has 0 aromatic heterocycles. The van der Waals surface area contributed by atoms with Crippen molar-refractivity contribution in [2.75, 3.05) is 19.6 Å². The molecule has 4 rings (SSSR count). The number of halogens is 2. The highest BCUT2D eigenvalue weighted by Gasteiger charge is 2.31. The number of carbonyl (C=O) groups excluding carboxylic acids is 2. The molecule has 1 aliphatic heterocycles. The first kappa shape index (κ1) is 27.3. The van der Waals surface area contributed by atoms with Gasteiger partial charge in [0.25, 0.3) is 5.91 Å². The topological polar surface area (TPSA) is 126 Å². The van der Waals surface area contributed by atoms with E-state index in [1.165, 1.54) is 12.1 Å². The van der Waals surface area contributed by atoms with E-state index in [9.17, 15) is 14.0 Å². The number of nitrogens with zero attached hydrogens (tertiary/aromatic N) is 2. The molecular formula is C28H32ClFN6O2. The highest BCUT2D eigenvalue weighted by atomic mass is 35.5. The van der Waals surface area contributed by atoms with Crippen LogP contribution in [0.25, 0.3) is 10.8 Å². The summed E-state index contributed by atoms with van der Waals surface area (Å²) in [6.07, 6.45) is 1.71. The molecule has 0 spiro atoms. The van der Waals surface area contributed by atoms with Crippen molar-refractivity contribution < 1.29 is 14.0 Å². The molecule has 3 aromatic carbocycles. The Morgan fingerprint density at radius 1 is 1.13 bits per heavy atom. The van der Waals surface area contributed by atoms with Crippen molar-refractivity contribution in [3.63, 3.8) is 0 Å². The van der Waals surface area contributed by atoms with E-state index in [2.05, 4.69) is 15.6 Å². The minimum Gasteiger partial charge on any atom is -0.370 e. The zero-order valence-corrected chi connectivity index (χ0v) is 21.8. The second-order valence-electron chi connectivity index (χ2n) is 9.46. The number of amides is 2. The van der Waals surface area contributed by atoms with Gasteiger partial charge in [0.05, 0.1) is 6.04 Å². The Bertz CT molecular complexity index is 1310. The van der Waals surface area contributed by atoms with Crippen molar-refractivity contribution in [2.45, 2.75) is 37.9 Å². The summed E-state index contributed by atoms with van der Waals surface area (Å²) in [6.45, 7) is 1.43. The molecule has 6 N–H and O–H groups in total. The Kier molecular flexibility index (Phi) is 9.15. The summed E-state index contributed by atoms with van der Waals surface area (Å²) in [5, 5.41) is 8.76. The smallest absolute Gasteiger partial charge is 0.251 e. The average Bonchev–Trinajstić information content (AvgIpc) is 3.03. The molecule has 0 saturated carbocycles. The number of nitrogens with two attached hydrogens (primary N) is 2. The predicted octanol–water partition coefficient (Wildman–Crippen LogP) is 3.18. The predicted molar refractivity (Wildman–Crippen MR) is 148 cm³/mol. The van der Waals surface area contributed by atoms with Gasteiger partial charge in [-0.15, -0.1) is 0 Å². The van der Waals surface area contributed by atoms with Gasteiger partial charge in [-0.05, 0) is 65.9 Å². The van der Waals surface area contributed by atoms with Crippen LogP contribution in [0.5, 0.6) is 0 Å². The molecule has 3 aromatic rings. The van der Waals surface area contributed by atoms with Crippen LogP contribution in [0.4, 0.5) is 4.39 Å². The molecule has 2 amide bonds. The van der Waals surface area contributed by atoms with Crippen LogP contribution < -0.4 is 22.1 Å². The lowest BCUT2D eigenvalue weighted by atomic mass is 10.1. The second kappa shape index (κ2) is 12.7. The maximum absolute atomic E-state index is 13.9. The molecule has 2 atom stereocenters. The molecule has 1 heterocycles. The lowest BCUT2D eigenvalue weighted by Gasteiger charge is -2.25. The summed E-state index contributed by atoms with van der Waals surface area (Å²) in [6, 6.07) is 17.1. The zero-order chi connectivity index (χ0) is 27.1. The van der Waals surface area contributed by atoms with E-state index < -0.39 is 11.9 Å². The third kappa shape index (κ3) is 7.43. The van der Waals surface area contributed by atoms with Crippen molar-refractivity contribution in [3.05, 3.63) is 82.6 Å². The lowest BCUT2D eigenvalue weighted by molar-refractivity contribution is -0.133. The van der Waals surface area contributed by atoms with Crippen LogP contribution in [-0.2, 0) is 11.3 Å². The van der Waals surface area contributed by atoms with Crippen LogP contribution in [0.2, 0.25) is 5.02 Å². The molecule has 8 nitrogen and oxygen atoms in total. The SMILES string of the molecule is NC(N)=NCCC[C@@H]1N[C@H](CNC(=O)c2ccc3ccccc3c2)CCN(Cc2cc(F)cc(Cl)c2)C1=O. The van der Waals surface area contributed by atoms with Crippen molar-refractivity contribution >= 4 is 40.1 Å². The highest BCUT2D eigenvalue weighted by Crippen LogP contribution is 2.19. The van der Waals surface area contributed by atoms with Crippen molar-refractivity contribution in [3.8, 4) is 0 Å². The fourth-order valence-electron chi connectivity index (χ4n) is 4.68. The summed E-state index contributed by atoms with van der Waals surface area (Å²) in [4.78, 5) is 32.1. The lowest BCUT2D eigenvalue weighted by Crippen LogP contribution is -2.48. The minimum absolute atomic E-state index is 0.00374. The van der Waals surface area contributed by atoms with E-state index in [0.717, 1.165) is 10.8 Å². The largest absolute Gasteiger partial charge is 0.370 e. The number of rotatable bonds is 9. The number of fused-ring (bicyclic) bond motifs is 1. The maximum atomic E-state index is 13.9. The Labute approximate surface area is 226 Å². The average molecular weight is 539 g/mol. The van der Waals surface area contributed by atoms with Gasteiger partial charge < -0.3 is 27.0 Å². The second-order valence-corrected chi connectivity index (χ2v) is 9.90. The molecular weight excluding hydrogens is 507 g/mol. The van der Waals surface area contributed by atoms with Gasteiger partial charge in [0.15, 0.2) is 5.96 Å². The van der Waals surface area contributed by atoms with Crippen LogP contribution in [0.15, 0.2) is 65.7 Å². The maximum Gasteiger partial charge on any atom is 0.251 e. The van der Waals surface area contributed by atoms with Gasteiger partial charge in [-0.3, -0.25) is 14.6 Å². The Balaban J connectivity index is 1.44. The number of benzene rings is 3. The van der Waals surface area contributed by atoms with Gasteiger partial charge in [0.1, 0.15) is 5.82 Å². The summed E-state index contributed by atoms with van der Waals surface area (Å²) >= 11 is 6.02. The molecule has 0 aliphatic carbocycles. The molecule has 200 valence electrons. The number of hydrogen-bond acceptors (Lipinski definition) is 4. The molecule has 10 heteroatoms. The van der Waals surface area contributed by atoms with Gasteiger partial charge in [0, 0.05) is 42.8 Å². The van der Waals surface area contributed by atoms with Crippen LogP contribution >= 0.6 is 11.6 Å². The third-order valence-electron chi connectivity index (χ3n) is 6.56. The fourth-order valence-corrected chi connectivity index (χ4v) is 4.93. The molecule has 38 heavy (non-hydrogen) atoms. The molecule has 0 radical (unpaired) electrons. The van der Waals surface area contributed by atoms with E-state index in [-0.39, 0.29) is 35.4 Å². The van der Waals surface area contributed by atoms with Gasteiger partial charge in [0.2, 0.25) is 5.91 Å². The van der Waals surface area contributed by atoms with E-state index in [4.69, 9.17) is 23.1 Å². The van der Waals surface area contributed by atoms with E-state index >= 15 is 0 Å². The van der Waals surface area contributed by atoms with E-state index in [1.807, 2.05) is 36.4 Å². The first-order chi connectivity index (χ1) is 18.3. The standard InChI is InChI=1S/C28H32ClFN6O2/c29-22-12-18(13-23(30)15-22)17-36-11-9-24(35-25(27(36)38)6-3-10-33-28(31)32)16-34-26(37)21-8-7-19-4-1-2-5-20(19)14-21/h1-2,4-5,7-8,12-15,24-25,35H,3,6,9-11,16-17H2,(H,34,37)(H4,31,32,33)/t24-,25-/m0/s1. The third-order valence-corrected chi connectivity index (χ3v) is 6.77. The Morgan fingerprint density at radius 2 is 1.92 bits per heavy atom. The summed E-state index contributed by atoms with van der Waals surface area (Å²) in [5.41, 5.74) is 12.0. The summed E-state index contributed by atoms with van der Waals surface area (Å²) in [5.74, 6) is -0.720. The first-order valence-electron chi connectivity index (χ1n) is 12.6. The fraction of sp³-hybridized carbons (Fsp3) is 0.321. The van der Waals surface area contributed by atoms with Crippen LogP contribution in [0.3, 0.4) is 0 Å². The number of carbonyl (C=O) groups is 2. The summed E-state index contributed by atoms with van der Waals surface area (Å²) in [7, 11) is 0. The Hall–Kier alpha value is -3.69. The zero-order valence-electron chi connectivity index (χ0n) is 21.0. The van der Waals surface area contributed by atoms with E-state index in [1.54, 1.807) is 17.0 Å².